The quantitative estimate of drug-likeness (QED) is 0.162. The Morgan fingerprint density at radius 2 is 0.754 bits per heavy atom. The van der Waals surface area contributed by atoms with Crippen molar-refractivity contribution in [2.24, 2.45) is 0 Å². The van der Waals surface area contributed by atoms with Crippen LogP contribution < -0.4 is 0 Å². The van der Waals surface area contributed by atoms with Gasteiger partial charge in [0.25, 0.3) is 0 Å². The highest BCUT2D eigenvalue weighted by Gasteiger charge is 2.23. The Bertz CT molecular complexity index is 3960. The van der Waals surface area contributed by atoms with Crippen LogP contribution in [-0.2, 0) is 0 Å². The van der Waals surface area contributed by atoms with Gasteiger partial charge in [0.2, 0.25) is 0 Å². The molecule has 3 aromatic heterocycles. The molecule has 0 aliphatic carbocycles. The molecule has 0 aliphatic rings. The average Bonchev–Trinajstić information content (AvgIpc) is 3.74. The van der Waals surface area contributed by atoms with Gasteiger partial charge in [-0.1, -0.05) is 181 Å². The summed E-state index contributed by atoms with van der Waals surface area (Å²) in [4.78, 5) is 20.5. The summed E-state index contributed by atoms with van der Waals surface area (Å²) in [5.74, 6) is 1.88. The molecule has 0 unspecified atom stereocenters. The zero-order chi connectivity index (χ0) is 43.2. The minimum Gasteiger partial charge on any atom is -0.456 e. The SMILES string of the molecule is Cc1ccc(-c2nc(-c3ccc(C)cc3)nc(-c3ccc(-c4nc5ccccc5c5c(-c6ccc7c8ccccc8c8ccccc8c7c6)c6c(cc45)oc4ccccc46)cc3)n2)cc1. The van der Waals surface area contributed by atoms with Gasteiger partial charge in [-0.25, -0.2) is 19.9 Å². The van der Waals surface area contributed by atoms with Crippen molar-refractivity contribution in [2.75, 3.05) is 0 Å². The van der Waals surface area contributed by atoms with E-state index in [1.54, 1.807) is 0 Å². The van der Waals surface area contributed by atoms with Crippen LogP contribution in [0.25, 0.3) is 132 Å². The van der Waals surface area contributed by atoms with E-state index in [-0.39, 0.29) is 0 Å². The topological polar surface area (TPSA) is 64.7 Å². The predicted molar refractivity (Wildman–Crippen MR) is 269 cm³/mol. The van der Waals surface area contributed by atoms with E-state index >= 15 is 0 Å². The van der Waals surface area contributed by atoms with Gasteiger partial charge in [-0.05, 0) is 76.0 Å². The lowest BCUT2D eigenvalue weighted by molar-refractivity contribution is 0.669. The van der Waals surface area contributed by atoms with Crippen LogP contribution in [0.2, 0.25) is 0 Å². The standard InChI is InChI=1S/C60H38N4O/c1-35-19-23-38(24-20-35)58-62-59(39-25-21-36(2)22-26-39)64-60(63-58)40-29-27-37(28-30-40)57-50-34-53-56(48-16-8-10-18-52(48)65-53)54(55(50)47-15-7-9-17-51(47)61-57)41-31-32-46-44-13-4-3-11-42(44)43-12-5-6-14-45(43)49(46)33-41/h3-34H,1-2H3. The zero-order valence-electron chi connectivity index (χ0n) is 35.7. The monoisotopic (exact) mass is 830 g/mol. The fraction of sp³-hybridized carbons (Fsp3) is 0.0333. The second-order valence-electron chi connectivity index (χ2n) is 17.1. The third kappa shape index (κ3) is 6.01. The highest BCUT2D eigenvalue weighted by atomic mass is 16.3. The van der Waals surface area contributed by atoms with Gasteiger partial charge in [-0.2, -0.15) is 0 Å². The molecule has 0 spiro atoms. The number of fused-ring (bicyclic) bond motifs is 12. The van der Waals surface area contributed by atoms with Gasteiger partial charge in [-0.15, -0.1) is 0 Å². The molecule has 5 nitrogen and oxygen atoms in total. The van der Waals surface area contributed by atoms with Crippen molar-refractivity contribution in [1.82, 2.24) is 19.9 Å². The summed E-state index contributed by atoms with van der Waals surface area (Å²) in [6.07, 6.45) is 0. The van der Waals surface area contributed by atoms with Crippen molar-refractivity contribution in [1.29, 1.82) is 0 Å². The summed E-state index contributed by atoms with van der Waals surface area (Å²) in [5, 5.41) is 12.9. The number of aryl methyl sites for hydroxylation is 2. The molecule has 304 valence electrons. The molecule has 0 N–H and O–H groups in total. The van der Waals surface area contributed by atoms with Gasteiger partial charge in [0.15, 0.2) is 17.5 Å². The predicted octanol–water partition coefficient (Wildman–Crippen LogP) is 15.9. The molecule has 0 atom stereocenters. The number of rotatable bonds is 5. The summed E-state index contributed by atoms with van der Waals surface area (Å²) in [5.41, 5.74) is 11.9. The first kappa shape index (κ1) is 37.1. The third-order valence-electron chi connectivity index (χ3n) is 13.0. The smallest absolute Gasteiger partial charge is 0.164 e. The van der Waals surface area contributed by atoms with Crippen LogP contribution >= 0.6 is 0 Å². The molecular weight excluding hydrogens is 793 g/mol. The van der Waals surface area contributed by atoms with Crippen LogP contribution in [0.15, 0.2) is 199 Å². The molecule has 0 fully saturated rings. The summed E-state index contributed by atoms with van der Waals surface area (Å²) < 4.78 is 6.78. The first-order chi connectivity index (χ1) is 32.0. The normalized spacial score (nSPS) is 11.8. The van der Waals surface area contributed by atoms with Crippen LogP contribution in [0.5, 0.6) is 0 Å². The van der Waals surface area contributed by atoms with Crippen molar-refractivity contribution < 1.29 is 4.42 Å². The summed E-state index contributed by atoms with van der Waals surface area (Å²) in [6, 6.07) is 68.8. The van der Waals surface area contributed by atoms with E-state index in [9.17, 15) is 0 Å². The molecule has 0 aliphatic heterocycles. The van der Waals surface area contributed by atoms with E-state index in [2.05, 4.69) is 202 Å². The van der Waals surface area contributed by atoms with Gasteiger partial charge in [0.1, 0.15) is 11.2 Å². The fourth-order valence-electron chi connectivity index (χ4n) is 9.83. The molecule has 0 bridgehead atoms. The lowest BCUT2D eigenvalue weighted by Gasteiger charge is -2.17. The van der Waals surface area contributed by atoms with Crippen molar-refractivity contribution in [3.63, 3.8) is 0 Å². The summed E-state index contributed by atoms with van der Waals surface area (Å²) in [6.45, 7) is 4.17. The Morgan fingerprint density at radius 3 is 1.34 bits per heavy atom. The Kier molecular flexibility index (Phi) is 8.27. The Labute approximate surface area is 374 Å². The first-order valence-corrected chi connectivity index (χ1v) is 22.0. The van der Waals surface area contributed by atoms with Gasteiger partial charge in [0.05, 0.1) is 11.2 Å². The van der Waals surface area contributed by atoms with Gasteiger partial charge in [0, 0.05) is 54.7 Å². The first-order valence-electron chi connectivity index (χ1n) is 22.0. The zero-order valence-corrected chi connectivity index (χ0v) is 35.7. The Morgan fingerprint density at radius 1 is 0.308 bits per heavy atom. The lowest BCUT2D eigenvalue weighted by atomic mass is 9.87. The van der Waals surface area contributed by atoms with Gasteiger partial charge in [-0.3, -0.25) is 0 Å². The maximum absolute atomic E-state index is 6.78. The summed E-state index contributed by atoms with van der Waals surface area (Å²) >= 11 is 0. The lowest BCUT2D eigenvalue weighted by Crippen LogP contribution is -2.00. The number of para-hydroxylation sites is 2. The Hall–Kier alpha value is -8.54. The number of aromatic nitrogens is 4. The number of furan rings is 1. The molecule has 5 heteroatoms. The van der Waals surface area contributed by atoms with Gasteiger partial charge >= 0.3 is 0 Å². The number of benzene rings is 10. The molecule has 10 aromatic carbocycles. The van der Waals surface area contributed by atoms with Crippen molar-refractivity contribution >= 4 is 75.9 Å². The molecular formula is C60H38N4O. The maximum Gasteiger partial charge on any atom is 0.164 e. The molecule has 13 aromatic rings. The van der Waals surface area contributed by atoms with Crippen LogP contribution in [-0.4, -0.2) is 19.9 Å². The molecule has 0 amide bonds. The van der Waals surface area contributed by atoms with Crippen LogP contribution in [0.4, 0.5) is 0 Å². The van der Waals surface area contributed by atoms with Crippen LogP contribution in [0.1, 0.15) is 11.1 Å². The van der Waals surface area contributed by atoms with E-state index in [1.807, 2.05) is 6.07 Å². The minimum absolute atomic E-state index is 0.608. The molecule has 65 heavy (non-hydrogen) atoms. The van der Waals surface area contributed by atoms with E-state index in [0.29, 0.717) is 17.5 Å². The average molecular weight is 831 g/mol. The number of hydrogen-bond acceptors (Lipinski definition) is 5. The van der Waals surface area contributed by atoms with Crippen molar-refractivity contribution in [3.8, 4) is 56.5 Å². The Balaban J connectivity index is 1.05. The van der Waals surface area contributed by atoms with E-state index in [0.717, 1.165) is 82.7 Å². The number of pyridine rings is 1. The molecule has 3 heterocycles. The van der Waals surface area contributed by atoms with E-state index in [1.165, 1.54) is 43.4 Å². The fourth-order valence-corrected chi connectivity index (χ4v) is 9.83. The minimum atomic E-state index is 0.608. The third-order valence-corrected chi connectivity index (χ3v) is 13.0. The van der Waals surface area contributed by atoms with Crippen molar-refractivity contribution in [3.05, 3.63) is 205 Å². The number of nitrogens with zero attached hydrogens (tertiary/aromatic N) is 4. The van der Waals surface area contributed by atoms with Crippen molar-refractivity contribution in [2.45, 2.75) is 13.8 Å². The second-order valence-corrected chi connectivity index (χ2v) is 17.1. The molecule has 0 radical (unpaired) electrons. The molecule has 0 saturated heterocycles. The summed E-state index contributed by atoms with van der Waals surface area (Å²) in [7, 11) is 0. The highest BCUT2D eigenvalue weighted by molar-refractivity contribution is 6.30. The van der Waals surface area contributed by atoms with Crippen LogP contribution in [0.3, 0.4) is 0 Å². The van der Waals surface area contributed by atoms with Gasteiger partial charge < -0.3 is 4.42 Å². The maximum atomic E-state index is 6.78. The number of hydrogen-bond donors (Lipinski definition) is 0. The molecule has 0 saturated carbocycles. The molecule has 13 rings (SSSR count). The van der Waals surface area contributed by atoms with Crippen LogP contribution in [0, 0.1) is 13.8 Å². The van der Waals surface area contributed by atoms with E-state index < -0.39 is 0 Å². The van der Waals surface area contributed by atoms with E-state index in [4.69, 9.17) is 24.4 Å². The highest BCUT2D eigenvalue weighted by Crippen LogP contribution is 2.48. The second kappa shape index (κ2) is 14.5. The largest absolute Gasteiger partial charge is 0.456 e.